The van der Waals surface area contributed by atoms with Gasteiger partial charge in [-0.05, 0) is 55.8 Å². The zero-order chi connectivity index (χ0) is 28.7. The van der Waals surface area contributed by atoms with E-state index in [0.29, 0.717) is 49.2 Å². The molecule has 11 heteroatoms. The van der Waals surface area contributed by atoms with Gasteiger partial charge < -0.3 is 23.4 Å². The Morgan fingerprint density at radius 3 is 2.61 bits per heavy atom. The first-order valence-corrected chi connectivity index (χ1v) is 13.6. The van der Waals surface area contributed by atoms with Crippen molar-refractivity contribution in [3.8, 4) is 22.8 Å². The van der Waals surface area contributed by atoms with Gasteiger partial charge in [-0.3, -0.25) is 9.36 Å². The highest BCUT2D eigenvalue weighted by Crippen LogP contribution is 2.38. The van der Waals surface area contributed by atoms with E-state index in [9.17, 15) is 14.4 Å². The first kappa shape index (κ1) is 26.3. The summed E-state index contributed by atoms with van der Waals surface area (Å²) < 4.78 is 29.0. The van der Waals surface area contributed by atoms with Gasteiger partial charge in [-0.1, -0.05) is 29.5 Å². The van der Waals surface area contributed by atoms with Crippen molar-refractivity contribution in [2.75, 3.05) is 20.5 Å². The second kappa shape index (κ2) is 10.6. The van der Waals surface area contributed by atoms with Crippen LogP contribution in [0.3, 0.4) is 0 Å². The molecule has 2 aliphatic rings. The van der Waals surface area contributed by atoms with Crippen molar-refractivity contribution in [1.29, 1.82) is 0 Å². The molecular formula is C30H24N2O8S. The number of carbonyl (C=O) groups is 2. The van der Waals surface area contributed by atoms with E-state index in [-0.39, 0.29) is 24.5 Å². The molecule has 41 heavy (non-hydrogen) atoms. The van der Waals surface area contributed by atoms with Crippen molar-refractivity contribution >= 4 is 29.4 Å². The number of ether oxygens (including phenoxy) is 4. The van der Waals surface area contributed by atoms with E-state index >= 15 is 0 Å². The molecule has 0 bridgehead atoms. The van der Waals surface area contributed by atoms with Crippen molar-refractivity contribution in [2.24, 2.45) is 4.99 Å². The van der Waals surface area contributed by atoms with Crippen LogP contribution in [-0.4, -0.2) is 37.0 Å². The van der Waals surface area contributed by atoms with E-state index in [1.807, 2.05) is 0 Å². The van der Waals surface area contributed by atoms with Crippen LogP contribution in [0.1, 0.15) is 41.6 Å². The summed E-state index contributed by atoms with van der Waals surface area (Å²) in [7, 11) is 1.33. The molecule has 6 rings (SSSR count). The van der Waals surface area contributed by atoms with Crippen molar-refractivity contribution in [3.05, 3.63) is 102 Å². The molecule has 0 aliphatic carbocycles. The van der Waals surface area contributed by atoms with E-state index in [1.54, 1.807) is 74.5 Å². The summed E-state index contributed by atoms with van der Waals surface area (Å²) in [6.07, 6.45) is 1.65. The average Bonchev–Trinajstić information content (AvgIpc) is 3.71. The van der Waals surface area contributed by atoms with Crippen LogP contribution in [0, 0.1) is 0 Å². The van der Waals surface area contributed by atoms with E-state index < -0.39 is 18.0 Å². The van der Waals surface area contributed by atoms with Crippen LogP contribution in [0.5, 0.6) is 11.5 Å². The number of furan rings is 1. The SMILES string of the molecule is CCOC(=O)C1=C(C)N=c2s/c(=C\c3ccc(-c4ccc(C(=O)OC)cc4)o3)c(=O)n2[C@@H]1c1ccc2c(c1)OCO2. The van der Waals surface area contributed by atoms with Gasteiger partial charge in [-0.2, -0.15) is 0 Å². The van der Waals surface area contributed by atoms with Gasteiger partial charge in [0.15, 0.2) is 16.3 Å². The number of benzene rings is 2. The normalized spacial score (nSPS) is 15.9. The average molecular weight is 573 g/mol. The Morgan fingerprint density at radius 1 is 1.07 bits per heavy atom. The third kappa shape index (κ3) is 4.74. The Kier molecular flexibility index (Phi) is 6.80. The number of carbonyl (C=O) groups excluding carboxylic acids is 2. The molecule has 0 saturated carbocycles. The molecule has 2 aliphatic heterocycles. The van der Waals surface area contributed by atoms with Crippen molar-refractivity contribution in [1.82, 2.24) is 4.57 Å². The van der Waals surface area contributed by atoms with Gasteiger partial charge in [0.1, 0.15) is 11.5 Å². The summed E-state index contributed by atoms with van der Waals surface area (Å²) >= 11 is 1.20. The summed E-state index contributed by atoms with van der Waals surface area (Å²) in [5, 5.41) is 0. The fourth-order valence-corrected chi connectivity index (χ4v) is 5.82. The first-order valence-electron chi connectivity index (χ1n) is 12.8. The summed E-state index contributed by atoms with van der Waals surface area (Å²) in [4.78, 5) is 43.7. The smallest absolute Gasteiger partial charge is 0.338 e. The maximum Gasteiger partial charge on any atom is 0.338 e. The number of methoxy groups -OCH3 is 1. The predicted octanol–water partition coefficient (Wildman–Crippen LogP) is 3.57. The second-order valence-electron chi connectivity index (χ2n) is 9.19. The van der Waals surface area contributed by atoms with Gasteiger partial charge in [0.05, 0.1) is 41.1 Å². The fourth-order valence-electron chi connectivity index (χ4n) is 4.79. The molecule has 0 unspecified atom stereocenters. The molecule has 0 spiro atoms. The fraction of sp³-hybridized carbons (Fsp3) is 0.200. The molecule has 0 saturated heterocycles. The van der Waals surface area contributed by atoms with E-state index in [0.717, 1.165) is 5.56 Å². The number of fused-ring (bicyclic) bond motifs is 2. The lowest BCUT2D eigenvalue weighted by molar-refractivity contribution is -0.139. The number of hydrogen-bond acceptors (Lipinski definition) is 10. The number of thiazole rings is 1. The van der Waals surface area contributed by atoms with Gasteiger partial charge >= 0.3 is 11.9 Å². The monoisotopic (exact) mass is 572 g/mol. The molecule has 0 amide bonds. The largest absolute Gasteiger partial charge is 0.465 e. The maximum absolute atomic E-state index is 13.8. The molecule has 2 aromatic heterocycles. The number of hydrogen-bond donors (Lipinski definition) is 0. The zero-order valence-electron chi connectivity index (χ0n) is 22.3. The Bertz CT molecular complexity index is 1900. The summed E-state index contributed by atoms with van der Waals surface area (Å²) in [6, 6.07) is 14.9. The number of rotatable bonds is 6. The lowest BCUT2D eigenvalue weighted by Crippen LogP contribution is -2.39. The molecule has 0 fully saturated rings. The van der Waals surface area contributed by atoms with Gasteiger partial charge in [-0.15, -0.1) is 0 Å². The van der Waals surface area contributed by atoms with Gasteiger partial charge in [0.25, 0.3) is 5.56 Å². The zero-order valence-corrected chi connectivity index (χ0v) is 23.2. The molecule has 0 N–H and O–H groups in total. The Labute approximate surface area is 237 Å². The van der Waals surface area contributed by atoms with Crippen molar-refractivity contribution in [2.45, 2.75) is 19.9 Å². The maximum atomic E-state index is 13.8. The van der Waals surface area contributed by atoms with Gasteiger partial charge in [-0.25, -0.2) is 14.6 Å². The molecule has 2 aromatic carbocycles. The number of nitrogens with zero attached hydrogens (tertiary/aromatic N) is 2. The highest BCUT2D eigenvalue weighted by Gasteiger charge is 2.34. The minimum Gasteiger partial charge on any atom is -0.465 e. The van der Waals surface area contributed by atoms with E-state index in [2.05, 4.69) is 4.99 Å². The van der Waals surface area contributed by atoms with Crippen molar-refractivity contribution in [3.63, 3.8) is 0 Å². The molecular weight excluding hydrogens is 548 g/mol. The quantitative estimate of drug-likeness (QED) is 0.322. The molecule has 10 nitrogen and oxygen atoms in total. The molecule has 4 heterocycles. The highest BCUT2D eigenvalue weighted by atomic mass is 32.1. The Balaban J connectivity index is 1.42. The van der Waals surface area contributed by atoms with Crippen LogP contribution in [-0.2, 0) is 14.3 Å². The van der Waals surface area contributed by atoms with Crippen LogP contribution in [0.4, 0.5) is 0 Å². The lowest BCUT2D eigenvalue weighted by Gasteiger charge is -2.24. The highest BCUT2D eigenvalue weighted by molar-refractivity contribution is 7.07. The van der Waals surface area contributed by atoms with E-state index in [1.165, 1.54) is 23.0 Å². The third-order valence-corrected chi connectivity index (χ3v) is 7.70. The van der Waals surface area contributed by atoms with Crippen molar-refractivity contribution < 1.29 is 33.0 Å². The molecule has 4 aromatic rings. The van der Waals surface area contributed by atoms with Crippen LogP contribution in [0.15, 0.2) is 80.1 Å². The minimum absolute atomic E-state index is 0.0989. The first-order chi connectivity index (χ1) is 19.9. The Hall–Kier alpha value is -4.90. The molecule has 1 atom stereocenters. The number of esters is 2. The lowest BCUT2D eigenvalue weighted by atomic mass is 9.95. The minimum atomic E-state index is -0.776. The summed E-state index contributed by atoms with van der Waals surface area (Å²) in [5.74, 6) is 1.19. The summed E-state index contributed by atoms with van der Waals surface area (Å²) in [5.41, 5.74) is 2.27. The standard InChI is InChI=1S/C30H24N2O8S/c1-4-37-29(35)25-16(2)31-30-32(26(25)19-9-11-22-23(13-19)39-15-38-22)27(33)24(41-30)14-20-10-12-21(40-20)17-5-7-18(8-6-17)28(34)36-3/h5-14,26H,4,15H2,1-3H3/b24-14-/t26-/m1/s1. The molecule has 208 valence electrons. The Morgan fingerprint density at radius 2 is 1.85 bits per heavy atom. The summed E-state index contributed by atoms with van der Waals surface area (Å²) in [6.45, 7) is 3.74. The van der Waals surface area contributed by atoms with Crippen LogP contribution in [0.25, 0.3) is 17.4 Å². The van der Waals surface area contributed by atoms with Crippen LogP contribution in [0.2, 0.25) is 0 Å². The van der Waals surface area contributed by atoms with Gasteiger partial charge in [0, 0.05) is 11.6 Å². The third-order valence-electron chi connectivity index (χ3n) is 6.72. The topological polar surface area (TPSA) is 119 Å². The molecule has 0 radical (unpaired) electrons. The van der Waals surface area contributed by atoms with Gasteiger partial charge in [0.2, 0.25) is 6.79 Å². The van der Waals surface area contributed by atoms with Crippen LogP contribution >= 0.6 is 11.3 Å². The number of allylic oxidation sites excluding steroid dienone is 1. The van der Waals surface area contributed by atoms with Crippen LogP contribution < -0.4 is 24.4 Å². The second-order valence-corrected chi connectivity index (χ2v) is 10.2. The predicted molar refractivity (Wildman–Crippen MR) is 148 cm³/mol. The number of aromatic nitrogens is 1. The van der Waals surface area contributed by atoms with E-state index in [4.69, 9.17) is 23.4 Å².